The summed E-state index contributed by atoms with van der Waals surface area (Å²) in [5.74, 6) is -0.734. The molecule has 0 spiro atoms. The molecule has 0 unspecified atom stereocenters. The Morgan fingerprint density at radius 2 is 2.32 bits per heavy atom. The Morgan fingerprint density at radius 1 is 1.53 bits per heavy atom. The Bertz CT molecular complexity index is 487. The van der Waals surface area contributed by atoms with Crippen LogP contribution in [0.2, 0.25) is 0 Å². The lowest BCUT2D eigenvalue weighted by Crippen LogP contribution is -2.31. The van der Waals surface area contributed by atoms with Crippen LogP contribution in [0.15, 0.2) is 18.9 Å². The first-order valence-corrected chi connectivity index (χ1v) is 6.20. The van der Waals surface area contributed by atoms with Crippen LogP contribution in [0.5, 0.6) is 0 Å². The second kappa shape index (κ2) is 4.38. The minimum atomic E-state index is -0.819. The molecule has 1 N–H and O–H groups in total. The fourth-order valence-corrected chi connectivity index (χ4v) is 2.38. The van der Waals surface area contributed by atoms with Gasteiger partial charge in [-0.2, -0.15) is 15.0 Å². The Hall–Kier alpha value is -1.28. The lowest BCUT2D eigenvalue weighted by molar-refractivity contribution is -0.216. The molecule has 3 rings (SSSR count). The molecule has 19 heavy (non-hydrogen) atoms. The number of allylic oxidation sites excluding steroid dienone is 1. The van der Waals surface area contributed by atoms with Crippen LogP contribution in [0.25, 0.3) is 0 Å². The van der Waals surface area contributed by atoms with E-state index in [1.807, 2.05) is 0 Å². The molecule has 0 saturated carbocycles. The van der Waals surface area contributed by atoms with Crippen molar-refractivity contribution in [1.29, 1.82) is 0 Å². The Kier molecular flexibility index (Phi) is 2.94. The van der Waals surface area contributed by atoms with E-state index in [1.54, 1.807) is 26.1 Å². The maximum Gasteiger partial charge on any atom is 0.190 e. The molecule has 104 valence electrons. The molecule has 3 heterocycles. The first-order chi connectivity index (χ1) is 9.00. The average Bonchev–Trinajstić information content (AvgIpc) is 2.96. The van der Waals surface area contributed by atoms with Crippen molar-refractivity contribution in [1.82, 2.24) is 15.0 Å². The van der Waals surface area contributed by atoms with Crippen LogP contribution < -0.4 is 0 Å². The summed E-state index contributed by atoms with van der Waals surface area (Å²) < 4.78 is 16.9. The molecular weight excluding hydrogens is 250 g/mol. The molecule has 0 bridgehead atoms. The van der Waals surface area contributed by atoms with E-state index in [9.17, 15) is 5.11 Å². The number of aliphatic hydroxyl groups is 1. The predicted octanol–water partition coefficient (Wildman–Crippen LogP) is 0.374. The summed E-state index contributed by atoms with van der Waals surface area (Å²) in [7, 11) is 0. The normalized spacial score (nSPS) is 36.4. The van der Waals surface area contributed by atoms with Crippen molar-refractivity contribution >= 4 is 0 Å². The van der Waals surface area contributed by atoms with Gasteiger partial charge in [0.2, 0.25) is 0 Å². The van der Waals surface area contributed by atoms with Crippen LogP contribution in [0.4, 0.5) is 0 Å². The summed E-state index contributed by atoms with van der Waals surface area (Å²) in [5, 5.41) is 18.6. The second-order valence-electron chi connectivity index (χ2n) is 5.13. The number of nitrogens with zero attached hydrogens (tertiary/aromatic N) is 3. The molecule has 2 aliphatic rings. The van der Waals surface area contributed by atoms with Crippen LogP contribution in [0, 0.1) is 0 Å². The topological polar surface area (TPSA) is 78.6 Å². The maximum absolute atomic E-state index is 10.3. The third-order valence-corrected chi connectivity index (χ3v) is 3.15. The van der Waals surface area contributed by atoms with Gasteiger partial charge in [0, 0.05) is 0 Å². The molecule has 0 aliphatic carbocycles. The van der Waals surface area contributed by atoms with Gasteiger partial charge in [0.25, 0.3) is 0 Å². The van der Waals surface area contributed by atoms with Gasteiger partial charge in [-0.05, 0) is 13.8 Å². The summed E-state index contributed by atoms with van der Waals surface area (Å²) in [6, 6.07) is 0. The van der Waals surface area contributed by atoms with E-state index in [0.717, 1.165) is 0 Å². The third kappa shape index (κ3) is 2.18. The van der Waals surface area contributed by atoms with Crippen molar-refractivity contribution in [2.45, 2.75) is 50.8 Å². The van der Waals surface area contributed by atoms with Gasteiger partial charge in [0.1, 0.15) is 24.0 Å². The quantitative estimate of drug-likeness (QED) is 0.797. The van der Waals surface area contributed by atoms with Crippen molar-refractivity contribution in [3.05, 3.63) is 24.5 Å². The van der Waals surface area contributed by atoms with Gasteiger partial charge in [0.15, 0.2) is 12.1 Å². The summed E-state index contributed by atoms with van der Waals surface area (Å²) >= 11 is 0. The highest BCUT2D eigenvalue weighted by Crippen LogP contribution is 2.42. The largest absolute Gasteiger partial charge is 0.387 e. The molecule has 7 nitrogen and oxygen atoms in total. The number of aromatic nitrogens is 3. The van der Waals surface area contributed by atoms with Gasteiger partial charge in [-0.3, -0.25) is 0 Å². The fourth-order valence-electron chi connectivity index (χ4n) is 2.38. The molecule has 2 saturated heterocycles. The number of aliphatic hydroxyl groups excluding tert-OH is 1. The third-order valence-electron chi connectivity index (χ3n) is 3.15. The van der Waals surface area contributed by atoms with Gasteiger partial charge in [-0.15, -0.1) is 6.58 Å². The van der Waals surface area contributed by atoms with E-state index < -0.39 is 30.4 Å². The summed E-state index contributed by atoms with van der Waals surface area (Å²) in [4.78, 5) is 1.48. The lowest BCUT2D eigenvalue weighted by Gasteiger charge is -2.21. The average molecular weight is 267 g/mol. The summed E-state index contributed by atoms with van der Waals surface area (Å²) in [6.45, 7) is 7.71. The van der Waals surface area contributed by atoms with E-state index >= 15 is 0 Å². The van der Waals surface area contributed by atoms with Crippen molar-refractivity contribution in [3.8, 4) is 0 Å². The molecule has 4 atom stereocenters. The Labute approximate surface area is 110 Å². The molecule has 0 radical (unpaired) electrons. The molecule has 2 aliphatic heterocycles. The zero-order chi connectivity index (χ0) is 13.6. The number of rotatable bonds is 3. The number of hydrogen-bond donors (Lipinski definition) is 1. The summed E-state index contributed by atoms with van der Waals surface area (Å²) in [6.07, 6.45) is 0.803. The Balaban J connectivity index is 1.75. The standard InChI is InChI=1S/C12H17N3O4/c1-4-5-15-13-6-7(14-15)9-8(16)10-11(17-9)19-12(2,3)18-10/h4,6,8-11,16H,1,5H2,2-3H3/t8-,9+,10+,11+/m0/s1. The number of hydrogen-bond acceptors (Lipinski definition) is 6. The monoisotopic (exact) mass is 267 g/mol. The molecule has 7 heteroatoms. The van der Waals surface area contributed by atoms with Crippen LogP contribution in [0.3, 0.4) is 0 Å². The van der Waals surface area contributed by atoms with E-state index in [-0.39, 0.29) is 0 Å². The van der Waals surface area contributed by atoms with Crippen LogP contribution >= 0.6 is 0 Å². The highest BCUT2D eigenvalue weighted by Gasteiger charge is 2.55. The van der Waals surface area contributed by atoms with Crippen molar-refractivity contribution in [2.24, 2.45) is 0 Å². The van der Waals surface area contributed by atoms with Gasteiger partial charge >= 0.3 is 0 Å². The minimum absolute atomic E-state index is 0.496. The van der Waals surface area contributed by atoms with Gasteiger partial charge in [-0.25, -0.2) is 0 Å². The zero-order valence-electron chi connectivity index (χ0n) is 10.9. The molecule has 0 amide bonds. The van der Waals surface area contributed by atoms with E-state index in [4.69, 9.17) is 14.2 Å². The first kappa shape index (κ1) is 12.7. The molecular formula is C12H17N3O4. The minimum Gasteiger partial charge on any atom is -0.387 e. The molecule has 0 aromatic carbocycles. The van der Waals surface area contributed by atoms with Gasteiger partial charge in [-0.1, -0.05) is 6.08 Å². The van der Waals surface area contributed by atoms with Crippen LogP contribution in [0.1, 0.15) is 25.6 Å². The van der Waals surface area contributed by atoms with Gasteiger partial charge in [0.05, 0.1) is 12.7 Å². The SMILES string of the molecule is C=CCn1ncc([C@H]2O[C@@H]3OC(C)(C)O[C@@H]3[C@H]2O)n1. The number of fused-ring (bicyclic) bond motifs is 1. The smallest absolute Gasteiger partial charge is 0.190 e. The van der Waals surface area contributed by atoms with Crippen molar-refractivity contribution in [3.63, 3.8) is 0 Å². The van der Waals surface area contributed by atoms with Crippen molar-refractivity contribution < 1.29 is 19.3 Å². The van der Waals surface area contributed by atoms with Crippen LogP contribution in [-0.2, 0) is 20.8 Å². The zero-order valence-corrected chi connectivity index (χ0v) is 10.9. The molecule has 2 fully saturated rings. The molecule has 1 aromatic rings. The maximum atomic E-state index is 10.3. The number of ether oxygens (including phenoxy) is 3. The van der Waals surface area contributed by atoms with E-state index in [0.29, 0.717) is 12.2 Å². The van der Waals surface area contributed by atoms with E-state index in [1.165, 1.54) is 4.80 Å². The highest BCUT2D eigenvalue weighted by atomic mass is 16.8. The van der Waals surface area contributed by atoms with Gasteiger partial charge < -0.3 is 19.3 Å². The fraction of sp³-hybridized carbons (Fsp3) is 0.667. The lowest BCUT2D eigenvalue weighted by atomic mass is 10.1. The molecule has 1 aromatic heterocycles. The first-order valence-electron chi connectivity index (χ1n) is 6.20. The second-order valence-corrected chi connectivity index (χ2v) is 5.13. The Morgan fingerprint density at radius 3 is 3.00 bits per heavy atom. The summed E-state index contributed by atoms with van der Waals surface area (Å²) in [5.41, 5.74) is 0.564. The highest BCUT2D eigenvalue weighted by molar-refractivity contribution is 5.07. The van der Waals surface area contributed by atoms with Crippen LogP contribution in [-0.4, -0.2) is 44.4 Å². The van der Waals surface area contributed by atoms with Crippen molar-refractivity contribution in [2.75, 3.05) is 0 Å². The van der Waals surface area contributed by atoms with E-state index in [2.05, 4.69) is 16.8 Å². The predicted molar refractivity (Wildman–Crippen MR) is 63.9 cm³/mol.